The molecular formula is C16H20N2O3. The average Bonchev–Trinajstić information content (AvgIpc) is 2.55. The molecule has 112 valence electrons. The molecule has 1 aliphatic rings. The van der Waals surface area contributed by atoms with E-state index in [2.05, 4.69) is 11.0 Å². The quantitative estimate of drug-likeness (QED) is 0.773. The lowest BCUT2D eigenvalue weighted by Crippen LogP contribution is -2.38. The summed E-state index contributed by atoms with van der Waals surface area (Å²) in [5.74, 6) is 0.560. The molecule has 0 radical (unpaired) electrons. The van der Waals surface area contributed by atoms with Gasteiger partial charge in [0.25, 0.3) is 0 Å². The van der Waals surface area contributed by atoms with Gasteiger partial charge in [0.05, 0.1) is 18.6 Å². The van der Waals surface area contributed by atoms with E-state index >= 15 is 0 Å². The molecule has 1 aliphatic heterocycles. The van der Waals surface area contributed by atoms with E-state index < -0.39 is 0 Å². The van der Waals surface area contributed by atoms with Gasteiger partial charge >= 0.3 is 5.97 Å². The smallest absolute Gasteiger partial charge is 0.308 e. The molecule has 1 aromatic rings. The molecule has 5 nitrogen and oxygen atoms in total. The first-order valence-corrected chi connectivity index (χ1v) is 7.16. The van der Waals surface area contributed by atoms with Gasteiger partial charge in [-0.3, -0.25) is 9.69 Å². The van der Waals surface area contributed by atoms with Crippen LogP contribution in [-0.2, 0) is 9.53 Å². The molecule has 0 atom stereocenters. The van der Waals surface area contributed by atoms with Gasteiger partial charge < -0.3 is 9.47 Å². The Kier molecular flexibility index (Phi) is 5.59. The van der Waals surface area contributed by atoms with Gasteiger partial charge in [-0.05, 0) is 38.1 Å². The standard InChI is InChI=1S/C16H20N2O3/c1-20-16(19)13-6-8-18(9-7-13)10-11-21-15-5-3-2-4-14(15)12-17/h2-5,13H,6-11H2,1H3. The summed E-state index contributed by atoms with van der Waals surface area (Å²) in [4.78, 5) is 13.7. The van der Waals surface area contributed by atoms with E-state index in [-0.39, 0.29) is 11.9 Å². The topological polar surface area (TPSA) is 62.6 Å². The van der Waals surface area contributed by atoms with Crippen molar-refractivity contribution in [1.29, 1.82) is 5.26 Å². The number of benzene rings is 1. The fourth-order valence-corrected chi connectivity index (χ4v) is 2.53. The van der Waals surface area contributed by atoms with Crippen molar-refractivity contribution < 1.29 is 14.3 Å². The Balaban J connectivity index is 1.73. The molecule has 0 spiro atoms. The van der Waals surface area contributed by atoms with Crippen molar-refractivity contribution >= 4 is 5.97 Å². The number of likely N-dealkylation sites (tertiary alicyclic amines) is 1. The fraction of sp³-hybridized carbons (Fsp3) is 0.500. The fourth-order valence-electron chi connectivity index (χ4n) is 2.53. The Morgan fingerprint density at radius 3 is 2.76 bits per heavy atom. The number of rotatable bonds is 5. The van der Waals surface area contributed by atoms with Gasteiger partial charge in [-0.1, -0.05) is 12.1 Å². The largest absolute Gasteiger partial charge is 0.491 e. The average molecular weight is 288 g/mol. The summed E-state index contributed by atoms with van der Waals surface area (Å²) in [5, 5.41) is 8.99. The minimum atomic E-state index is -0.103. The number of nitriles is 1. The van der Waals surface area contributed by atoms with Gasteiger partial charge in [-0.2, -0.15) is 5.26 Å². The highest BCUT2D eigenvalue weighted by Gasteiger charge is 2.25. The first kappa shape index (κ1) is 15.3. The number of para-hydroxylation sites is 1. The van der Waals surface area contributed by atoms with E-state index in [9.17, 15) is 4.79 Å². The zero-order valence-electron chi connectivity index (χ0n) is 12.2. The highest BCUT2D eigenvalue weighted by Crippen LogP contribution is 2.19. The number of carbonyl (C=O) groups is 1. The number of esters is 1. The maximum Gasteiger partial charge on any atom is 0.308 e. The molecule has 21 heavy (non-hydrogen) atoms. The number of hydrogen-bond acceptors (Lipinski definition) is 5. The lowest BCUT2D eigenvalue weighted by molar-refractivity contribution is -0.147. The molecule has 1 heterocycles. The third-order valence-electron chi connectivity index (χ3n) is 3.79. The molecule has 5 heteroatoms. The van der Waals surface area contributed by atoms with Crippen LogP contribution in [0.5, 0.6) is 5.75 Å². The van der Waals surface area contributed by atoms with Crippen molar-refractivity contribution in [2.45, 2.75) is 12.8 Å². The van der Waals surface area contributed by atoms with E-state index in [1.165, 1.54) is 7.11 Å². The summed E-state index contributed by atoms with van der Waals surface area (Å²) in [6.07, 6.45) is 1.67. The van der Waals surface area contributed by atoms with Crippen LogP contribution >= 0.6 is 0 Å². The third kappa shape index (κ3) is 4.20. The molecule has 2 rings (SSSR count). The number of ether oxygens (including phenoxy) is 2. The van der Waals surface area contributed by atoms with Crippen LogP contribution in [-0.4, -0.2) is 44.2 Å². The Bertz CT molecular complexity index is 516. The Morgan fingerprint density at radius 1 is 1.38 bits per heavy atom. The van der Waals surface area contributed by atoms with Crippen LogP contribution in [0.15, 0.2) is 24.3 Å². The zero-order chi connectivity index (χ0) is 15.1. The van der Waals surface area contributed by atoms with Crippen molar-refractivity contribution in [1.82, 2.24) is 4.90 Å². The molecule has 0 saturated carbocycles. The van der Waals surface area contributed by atoms with Crippen LogP contribution in [0.25, 0.3) is 0 Å². The molecule has 1 saturated heterocycles. The first-order valence-electron chi connectivity index (χ1n) is 7.16. The van der Waals surface area contributed by atoms with Gasteiger partial charge in [0.1, 0.15) is 18.4 Å². The van der Waals surface area contributed by atoms with Crippen LogP contribution < -0.4 is 4.74 Å². The second kappa shape index (κ2) is 7.65. The summed E-state index contributed by atoms with van der Waals surface area (Å²) in [6.45, 7) is 3.10. The van der Waals surface area contributed by atoms with Crippen molar-refractivity contribution in [2.75, 3.05) is 33.4 Å². The van der Waals surface area contributed by atoms with Crippen LogP contribution in [0.2, 0.25) is 0 Å². The summed E-state index contributed by atoms with van der Waals surface area (Å²) in [7, 11) is 1.44. The normalized spacial score (nSPS) is 16.2. The lowest BCUT2D eigenvalue weighted by Gasteiger charge is -2.30. The molecule has 0 aliphatic carbocycles. The van der Waals surface area contributed by atoms with Crippen LogP contribution in [0.4, 0.5) is 0 Å². The maximum atomic E-state index is 11.4. The van der Waals surface area contributed by atoms with Gasteiger partial charge in [0.2, 0.25) is 0 Å². The Hall–Kier alpha value is -2.06. The van der Waals surface area contributed by atoms with Gasteiger partial charge in [0, 0.05) is 6.54 Å². The predicted octanol–water partition coefficient (Wildman–Crippen LogP) is 1.82. The van der Waals surface area contributed by atoms with Crippen molar-refractivity contribution in [3.63, 3.8) is 0 Å². The number of nitrogens with zero attached hydrogens (tertiary/aromatic N) is 2. The molecule has 0 N–H and O–H groups in total. The second-order valence-corrected chi connectivity index (χ2v) is 5.10. The van der Waals surface area contributed by atoms with Crippen LogP contribution in [0.1, 0.15) is 18.4 Å². The highest BCUT2D eigenvalue weighted by molar-refractivity contribution is 5.72. The van der Waals surface area contributed by atoms with Crippen LogP contribution in [0, 0.1) is 17.2 Å². The van der Waals surface area contributed by atoms with Crippen molar-refractivity contribution in [2.24, 2.45) is 5.92 Å². The molecular weight excluding hydrogens is 268 g/mol. The monoisotopic (exact) mass is 288 g/mol. The molecule has 0 unspecified atom stereocenters. The van der Waals surface area contributed by atoms with E-state index in [1.54, 1.807) is 6.07 Å². The molecule has 1 aromatic carbocycles. The summed E-state index contributed by atoms with van der Waals surface area (Å²) < 4.78 is 10.4. The van der Waals surface area contributed by atoms with Gasteiger partial charge in [0.15, 0.2) is 0 Å². The van der Waals surface area contributed by atoms with E-state index in [1.807, 2.05) is 18.2 Å². The molecule has 0 bridgehead atoms. The second-order valence-electron chi connectivity index (χ2n) is 5.10. The first-order chi connectivity index (χ1) is 10.2. The molecule has 0 aromatic heterocycles. The Morgan fingerprint density at radius 2 is 2.10 bits per heavy atom. The van der Waals surface area contributed by atoms with Crippen molar-refractivity contribution in [3.8, 4) is 11.8 Å². The number of hydrogen-bond donors (Lipinski definition) is 0. The van der Waals surface area contributed by atoms with E-state index in [0.29, 0.717) is 17.9 Å². The summed E-state index contributed by atoms with van der Waals surface area (Å²) in [6, 6.07) is 9.36. The maximum absolute atomic E-state index is 11.4. The van der Waals surface area contributed by atoms with Gasteiger partial charge in [-0.25, -0.2) is 0 Å². The highest BCUT2D eigenvalue weighted by atomic mass is 16.5. The third-order valence-corrected chi connectivity index (χ3v) is 3.79. The lowest BCUT2D eigenvalue weighted by atomic mass is 9.97. The Labute approximate surface area is 125 Å². The summed E-state index contributed by atoms with van der Waals surface area (Å²) in [5.41, 5.74) is 0.557. The zero-order valence-corrected chi connectivity index (χ0v) is 12.2. The summed E-state index contributed by atoms with van der Waals surface area (Å²) >= 11 is 0. The number of carbonyl (C=O) groups excluding carboxylic acids is 1. The van der Waals surface area contributed by atoms with Crippen LogP contribution in [0.3, 0.4) is 0 Å². The SMILES string of the molecule is COC(=O)C1CCN(CCOc2ccccc2C#N)CC1. The van der Waals surface area contributed by atoms with E-state index in [0.717, 1.165) is 32.5 Å². The van der Waals surface area contributed by atoms with Crippen molar-refractivity contribution in [3.05, 3.63) is 29.8 Å². The van der Waals surface area contributed by atoms with Gasteiger partial charge in [-0.15, -0.1) is 0 Å². The molecule has 1 fully saturated rings. The van der Waals surface area contributed by atoms with E-state index in [4.69, 9.17) is 14.7 Å². The minimum absolute atomic E-state index is 0.0338. The predicted molar refractivity (Wildman–Crippen MR) is 77.8 cm³/mol. The number of piperidine rings is 1. The number of methoxy groups -OCH3 is 1. The minimum Gasteiger partial charge on any atom is -0.491 e. The molecule has 0 amide bonds.